The molecule has 4 heteroatoms. The first-order valence-corrected chi connectivity index (χ1v) is 6.11. The second kappa shape index (κ2) is 8.93. The van der Waals surface area contributed by atoms with Gasteiger partial charge in [0.25, 0.3) is 0 Å². The molecule has 98 valence electrons. The van der Waals surface area contributed by atoms with Gasteiger partial charge in [0.1, 0.15) is 0 Å². The minimum Gasteiger partial charge on any atom is -0.317 e. The lowest BCUT2D eigenvalue weighted by Gasteiger charge is -2.39. The van der Waals surface area contributed by atoms with Crippen molar-refractivity contribution in [1.82, 2.24) is 4.90 Å². The maximum atomic E-state index is 5.37. The lowest BCUT2D eigenvalue weighted by molar-refractivity contribution is -0.424. The molecule has 0 aliphatic carbocycles. The summed E-state index contributed by atoms with van der Waals surface area (Å²) < 4.78 is 16.1. The average Bonchev–Trinajstić information content (AvgIpc) is 2.34. The van der Waals surface area contributed by atoms with E-state index < -0.39 is 6.10 Å². The van der Waals surface area contributed by atoms with Gasteiger partial charge in [-0.15, -0.1) is 0 Å². The van der Waals surface area contributed by atoms with E-state index in [1.165, 1.54) is 0 Å². The van der Waals surface area contributed by atoms with Crippen molar-refractivity contribution in [3.8, 4) is 0 Å². The second-order valence-corrected chi connectivity index (χ2v) is 3.83. The van der Waals surface area contributed by atoms with E-state index in [-0.39, 0.29) is 0 Å². The fourth-order valence-corrected chi connectivity index (χ4v) is 1.72. The van der Waals surface area contributed by atoms with Crippen molar-refractivity contribution in [3.05, 3.63) is 0 Å². The molecule has 0 aliphatic rings. The number of nitrogens with zero attached hydrogens (tertiary/aromatic N) is 1. The molecular weight excluding hydrogens is 206 g/mol. The summed E-state index contributed by atoms with van der Waals surface area (Å²) in [6.45, 7) is 6.19. The van der Waals surface area contributed by atoms with E-state index in [1.54, 1.807) is 21.3 Å². The van der Waals surface area contributed by atoms with Crippen LogP contribution in [0.25, 0.3) is 0 Å². The summed E-state index contributed by atoms with van der Waals surface area (Å²) >= 11 is 0. The molecule has 0 atom stereocenters. The van der Waals surface area contributed by atoms with Crippen molar-refractivity contribution in [3.63, 3.8) is 0 Å². The molecule has 0 aromatic carbocycles. The van der Waals surface area contributed by atoms with Gasteiger partial charge in [-0.05, 0) is 12.8 Å². The Bertz CT molecular complexity index is 144. The highest BCUT2D eigenvalue weighted by Gasteiger charge is 2.37. The fraction of sp³-hybridized carbons (Fsp3) is 1.00. The molecule has 0 unspecified atom stereocenters. The Balaban J connectivity index is 4.52. The molecule has 0 saturated carbocycles. The first-order chi connectivity index (χ1) is 7.70. The molecule has 0 fully saturated rings. The molecule has 4 nitrogen and oxygen atoms in total. The number of unbranched alkanes of at least 4 members (excludes halogenated alkanes) is 2. The largest absolute Gasteiger partial charge is 0.352 e. The van der Waals surface area contributed by atoms with Gasteiger partial charge >= 0.3 is 6.10 Å². The summed E-state index contributed by atoms with van der Waals surface area (Å²) in [5.74, 6) is 0. The smallest absolute Gasteiger partial charge is 0.317 e. The van der Waals surface area contributed by atoms with E-state index in [4.69, 9.17) is 14.2 Å². The third-order valence-corrected chi connectivity index (χ3v) is 2.72. The van der Waals surface area contributed by atoms with E-state index in [0.29, 0.717) is 0 Å². The van der Waals surface area contributed by atoms with Crippen LogP contribution < -0.4 is 0 Å². The van der Waals surface area contributed by atoms with Crippen LogP contribution in [0.4, 0.5) is 0 Å². The Hall–Kier alpha value is -0.160. The third-order valence-electron chi connectivity index (χ3n) is 2.72. The van der Waals surface area contributed by atoms with Crippen molar-refractivity contribution in [1.29, 1.82) is 0 Å². The minimum absolute atomic E-state index is 0.923. The minimum atomic E-state index is -1.02. The Kier molecular flexibility index (Phi) is 8.84. The summed E-state index contributed by atoms with van der Waals surface area (Å²) in [5, 5.41) is 0. The van der Waals surface area contributed by atoms with E-state index in [9.17, 15) is 0 Å². The van der Waals surface area contributed by atoms with Gasteiger partial charge in [-0.2, -0.15) is 0 Å². The summed E-state index contributed by atoms with van der Waals surface area (Å²) in [7, 11) is 4.83. The highest BCUT2D eigenvalue weighted by atomic mass is 16.9. The predicted octanol–water partition coefficient (Wildman–Crippen LogP) is 2.44. The van der Waals surface area contributed by atoms with Crippen molar-refractivity contribution in [2.24, 2.45) is 0 Å². The fourth-order valence-electron chi connectivity index (χ4n) is 1.72. The molecule has 0 heterocycles. The molecule has 16 heavy (non-hydrogen) atoms. The van der Waals surface area contributed by atoms with Crippen LogP contribution in [-0.2, 0) is 14.2 Å². The summed E-state index contributed by atoms with van der Waals surface area (Å²) in [6, 6.07) is 0. The van der Waals surface area contributed by atoms with Gasteiger partial charge in [0, 0.05) is 34.4 Å². The molecule has 0 aromatic rings. The number of hydrogen-bond acceptors (Lipinski definition) is 4. The highest BCUT2D eigenvalue weighted by molar-refractivity contribution is 4.63. The lowest BCUT2D eigenvalue weighted by Crippen LogP contribution is -2.54. The van der Waals surface area contributed by atoms with Crippen LogP contribution in [0.1, 0.15) is 39.5 Å². The van der Waals surface area contributed by atoms with Crippen LogP contribution in [0.2, 0.25) is 0 Å². The molecule has 0 aliphatic heterocycles. The van der Waals surface area contributed by atoms with Crippen LogP contribution in [0.15, 0.2) is 0 Å². The predicted molar refractivity (Wildman–Crippen MR) is 65.1 cm³/mol. The van der Waals surface area contributed by atoms with E-state index in [1.807, 2.05) is 0 Å². The zero-order chi connectivity index (χ0) is 12.4. The van der Waals surface area contributed by atoms with Crippen molar-refractivity contribution in [2.45, 2.75) is 45.6 Å². The Morgan fingerprint density at radius 2 is 1.19 bits per heavy atom. The molecule has 0 spiro atoms. The molecule has 0 saturated heterocycles. The summed E-state index contributed by atoms with van der Waals surface area (Å²) in [5.41, 5.74) is 0. The first-order valence-electron chi connectivity index (χ1n) is 6.11. The molecule has 0 rings (SSSR count). The van der Waals surface area contributed by atoms with Gasteiger partial charge in [-0.3, -0.25) is 0 Å². The number of hydrogen-bond donors (Lipinski definition) is 0. The van der Waals surface area contributed by atoms with E-state index in [2.05, 4.69) is 18.7 Å². The van der Waals surface area contributed by atoms with Crippen LogP contribution in [-0.4, -0.2) is 45.4 Å². The van der Waals surface area contributed by atoms with Gasteiger partial charge in [0.05, 0.1) is 0 Å². The quantitative estimate of drug-likeness (QED) is 0.542. The van der Waals surface area contributed by atoms with Gasteiger partial charge < -0.3 is 14.2 Å². The van der Waals surface area contributed by atoms with Gasteiger partial charge in [0.2, 0.25) is 0 Å². The SMILES string of the molecule is CCCCN(CCCC)C(OC)(OC)OC. The molecule has 0 bridgehead atoms. The Morgan fingerprint density at radius 1 is 0.812 bits per heavy atom. The van der Waals surface area contributed by atoms with Crippen LogP contribution >= 0.6 is 0 Å². The first kappa shape index (κ1) is 15.8. The Labute approximate surface area is 99.9 Å². The second-order valence-electron chi connectivity index (χ2n) is 3.83. The van der Waals surface area contributed by atoms with Crippen LogP contribution in [0.3, 0.4) is 0 Å². The van der Waals surface area contributed by atoms with E-state index >= 15 is 0 Å². The maximum absolute atomic E-state index is 5.37. The molecular formula is C12H27NO3. The van der Waals surface area contributed by atoms with Crippen molar-refractivity contribution >= 4 is 0 Å². The Morgan fingerprint density at radius 3 is 1.44 bits per heavy atom. The van der Waals surface area contributed by atoms with Gasteiger partial charge in [-0.25, -0.2) is 4.90 Å². The molecule has 0 N–H and O–H groups in total. The summed E-state index contributed by atoms with van der Waals surface area (Å²) in [4.78, 5) is 2.11. The molecule has 0 amide bonds. The average molecular weight is 233 g/mol. The van der Waals surface area contributed by atoms with Gasteiger partial charge in [0.15, 0.2) is 0 Å². The zero-order valence-electron chi connectivity index (χ0n) is 11.4. The zero-order valence-corrected chi connectivity index (χ0v) is 11.4. The van der Waals surface area contributed by atoms with Gasteiger partial charge in [-0.1, -0.05) is 26.7 Å². The monoisotopic (exact) mass is 233 g/mol. The van der Waals surface area contributed by atoms with Crippen molar-refractivity contribution < 1.29 is 14.2 Å². The summed E-state index contributed by atoms with van der Waals surface area (Å²) in [6.07, 6.45) is 3.50. The topological polar surface area (TPSA) is 30.9 Å². The van der Waals surface area contributed by atoms with E-state index in [0.717, 1.165) is 38.8 Å². The van der Waals surface area contributed by atoms with Crippen LogP contribution in [0.5, 0.6) is 0 Å². The highest BCUT2D eigenvalue weighted by Crippen LogP contribution is 2.20. The molecule has 0 aromatic heterocycles. The number of methoxy groups -OCH3 is 3. The molecule has 0 radical (unpaired) electrons. The number of rotatable bonds is 10. The number of ether oxygens (including phenoxy) is 3. The maximum Gasteiger partial charge on any atom is 0.352 e. The third kappa shape index (κ3) is 4.37. The lowest BCUT2D eigenvalue weighted by atomic mass is 10.2. The van der Waals surface area contributed by atoms with Crippen LogP contribution in [0, 0.1) is 0 Å². The normalized spacial score (nSPS) is 12.4. The standard InChI is InChI=1S/C12H27NO3/c1-6-8-10-13(11-9-7-2)12(14-3,15-4)16-5/h6-11H2,1-5H3. The van der Waals surface area contributed by atoms with Crippen molar-refractivity contribution in [2.75, 3.05) is 34.4 Å².